The van der Waals surface area contributed by atoms with Crippen molar-refractivity contribution in [3.05, 3.63) is 84.4 Å². The van der Waals surface area contributed by atoms with Crippen LogP contribution in [0, 0.1) is 5.92 Å². The lowest BCUT2D eigenvalue weighted by atomic mass is 9.81. The molecule has 3 aromatic carbocycles. The Morgan fingerprint density at radius 3 is 2.03 bits per heavy atom. The Labute approximate surface area is 225 Å². The molecule has 0 spiro atoms. The van der Waals surface area contributed by atoms with Crippen molar-refractivity contribution in [2.75, 3.05) is 21.3 Å². The Kier molecular flexibility index (Phi) is 9.20. The molecule has 0 aliphatic heterocycles. The summed E-state index contributed by atoms with van der Waals surface area (Å²) in [7, 11) is 0.489. The third-order valence-electron chi connectivity index (χ3n) is 7.45. The summed E-state index contributed by atoms with van der Waals surface area (Å²) < 4.78 is 38.6. The standard InChI is InChI=1S/C30H36N2O5S/c1-32(38(34,35)28-19-13-24(14-20-28)23-11-17-27(36-2)18-12-23)29(30(33)37-3)25-9-15-26(16-10-25)31-21-22-7-5-4-6-8-22/h4-8,11-14,17-20,25-26,29,31H,9-10,15-16,21H2,1-3H3. The lowest BCUT2D eigenvalue weighted by Gasteiger charge is -2.36. The van der Waals surface area contributed by atoms with Crippen molar-refractivity contribution in [1.29, 1.82) is 0 Å². The van der Waals surface area contributed by atoms with Gasteiger partial charge >= 0.3 is 5.97 Å². The number of ether oxygens (including phenoxy) is 2. The van der Waals surface area contributed by atoms with Gasteiger partial charge < -0.3 is 14.8 Å². The molecule has 0 radical (unpaired) electrons. The van der Waals surface area contributed by atoms with Crippen molar-refractivity contribution in [2.45, 2.75) is 49.2 Å². The monoisotopic (exact) mass is 536 g/mol. The molecule has 0 aromatic heterocycles. The second kappa shape index (κ2) is 12.6. The van der Waals surface area contributed by atoms with Gasteiger partial charge in [0, 0.05) is 19.6 Å². The molecule has 1 saturated carbocycles. The molecule has 7 nitrogen and oxygen atoms in total. The molecule has 0 bridgehead atoms. The van der Waals surface area contributed by atoms with Gasteiger partial charge in [-0.25, -0.2) is 8.42 Å². The van der Waals surface area contributed by atoms with E-state index in [1.807, 2.05) is 42.5 Å². The van der Waals surface area contributed by atoms with Crippen molar-refractivity contribution in [1.82, 2.24) is 9.62 Å². The minimum absolute atomic E-state index is 0.115. The summed E-state index contributed by atoms with van der Waals surface area (Å²) >= 11 is 0. The molecule has 1 aliphatic rings. The van der Waals surface area contributed by atoms with Crippen LogP contribution in [0.25, 0.3) is 11.1 Å². The Bertz CT molecular complexity index is 1290. The number of methoxy groups -OCH3 is 2. The van der Waals surface area contributed by atoms with Gasteiger partial charge in [0.05, 0.1) is 19.1 Å². The molecule has 4 rings (SSSR count). The van der Waals surface area contributed by atoms with Crippen LogP contribution in [-0.4, -0.2) is 52.0 Å². The summed E-state index contributed by atoms with van der Waals surface area (Å²) in [5.41, 5.74) is 3.07. The largest absolute Gasteiger partial charge is 0.497 e. The van der Waals surface area contributed by atoms with Gasteiger partial charge in [-0.15, -0.1) is 0 Å². The maximum absolute atomic E-state index is 13.6. The number of hydrogen-bond acceptors (Lipinski definition) is 6. The SMILES string of the molecule is COC(=O)C(C1CCC(NCc2ccccc2)CC1)N(C)S(=O)(=O)c1ccc(-c2ccc(OC)cc2)cc1. The summed E-state index contributed by atoms with van der Waals surface area (Å²) in [6.07, 6.45) is 3.22. The highest BCUT2D eigenvalue weighted by Gasteiger charge is 2.40. The van der Waals surface area contributed by atoms with Crippen LogP contribution in [0.15, 0.2) is 83.8 Å². The zero-order valence-corrected chi connectivity index (χ0v) is 23.0. The van der Waals surface area contributed by atoms with Crippen molar-refractivity contribution in [3.8, 4) is 16.9 Å². The molecule has 0 saturated heterocycles. The molecule has 38 heavy (non-hydrogen) atoms. The van der Waals surface area contributed by atoms with E-state index < -0.39 is 22.0 Å². The number of likely N-dealkylation sites (N-methyl/N-ethyl adjacent to an activating group) is 1. The number of carbonyl (C=O) groups excluding carboxylic acids is 1. The van der Waals surface area contributed by atoms with Gasteiger partial charge in [0.25, 0.3) is 0 Å². The smallest absolute Gasteiger partial charge is 0.324 e. The van der Waals surface area contributed by atoms with Gasteiger partial charge in [0.1, 0.15) is 11.8 Å². The minimum Gasteiger partial charge on any atom is -0.497 e. The summed E-state index contributed by atoms with van der Waals surface area (Å²) in [5.74, 6) is 0.117. The number of benzene rings is 3. The molecule has 202 valence electrons. The highest BCUT2D eigenvalue weighted by Crippen LogP contribution is 2.33. The molecular weight excluding hydrogens is 500 g/mol. The van der Waals surface area contributed by atoms with E-state index in [1.54, 1.807) is 31.4 Å². The van der Waals surface area contributed by atoms with Crippen LogP contribution >= 0.6 is 0 Å². The molecule has 8 heteroatoms. The topological polar surface area (TPSA) is 84.9 Å². The van der Waals surface area contributed by atoms with E-state index in [-0.39, 0.29) is 10.8 Å². The second-order valence-corrected chi connectivity index (χ2v) is 11.7. The van der Waals surface area contributed by atoms with Gasteiger partial charge in [-0.3, -0.25) is 4.79 Å². The highest BCUT2D eigenvalue weighted by atomic mass is 32.2. The molecule has 1 aliphatic carbocycles. The zero-order valence-electron chi connectivity index (χ0n) is 22.2. The van der Waals surface area contributed by atoms with Crippen LogP contribution in [0.2, 0.25) is 0 Å². The quantitative estimate of drug-likeness (QED) is 0.372. The summed E-state index contributed by atoms with van der Waals surface area (Å²) in [6, 6.07) is 24.0. The number of hydrogen-bond donors (Lipinski definition) is 1. The van der Waals surface area contributed by atoms with Gasteiger partial charge in [-0.05, 0) is 72.6 Å². The van der Waals surface area contributed by atoms with Crippen molar-refractivity contribution in [2.24, 2.45) is 5.92 Å². The third kappa shape index (κ3) is 6.43. The molecule has 1 fully saturated rings. The van der Waals surface area contributed by atoms with Crippen LogP contribution < -0.4 is 10.1 Å². The second-order valence-electron chi connectivity index (χ2n) is 9.72. The van der Waals surface area contributed by atoms with Crippen molar-refractivity contribution >= 4 is 16.0 Å². The van der Waals surface area contributed by atoms with Crippen LogP contribution in [-0.2, 0) is 26.1 Å². The molecule has 3 aromatic rings. The Morgan fingerprint density at radius 2 is 1.47 bits per heavy atom. The lowest BCUT2D eigenvalue weighted by Crippen LogP contribution is -2.49. The first-order chi connectivity index (χ1) is 18.3. The Hall–Kier alpha value is -3.20. The Morgan fingerprint density at radius 1 is 0.895 bits per heavy atom. The Balaban J connectivity index is 1.44. The van der Waals surface area contributed by atoms with Gasteiger partial charge in [0.15, 0.2) is 0 Å². The van der Waals surface area contributed by atoms with Gasteiger partial charge in [-0.1, -0.05) is 54.6 Å². The van der Waals surface area contributed by atoms with E-state index in [9.17, 15) is 13.2 Å². The highest BCUT2D eigenvalue weighted by molar-refractivity contribution is 7.89. The van der Waals surface area contributed by atoms with Crippen LogP contribution in [0.4, 0.5) is 0 Å². The number of carbonyl (C=O) groups is 1. The number of sulfonamides is 1. The fourth-order valence-electron chi connectivity index (χ4n) is 5.17. The van der Waals surface area contributed by atoms with Gasteiger partial charge in [-0.2, -0.15) is 4.31 Å². The minimum atomic E-state index is -3.92. The summed E-state index contributed by atoms with van der Waals surface area (Å²) in [6.45, 7) is 0.789. The lowest BCUT2D eigenvalue weighted by molar-refractivity contribution is -0.147. The van der Waals surface area contributed by atoms with E-state index in [2.05, 4.69) is 17.4 Å². The molecular formula is C30H36N2O5S. The predicted octanol–water partition coefficient (Wildman–Crippen LogP) is 4.87. The summed E-state index contributed by atoms with van der Waals surface area (Å²) in [4.78, 5) is 13.0. The maximum Gasteiger partial charge on any atom is 0.324 e. The molecule has 1 N–H and O–H groups in total. The predicted molar refractivity (Wildman–Crippen MR) is 148 cm³/mol. The molecule has 0 amide bonds. The molecule has 1 unspecified atom stereocenters. The van der Waals surface area contributed by atoms with Crippen LogP contribution in [0.5, 0.6) is 5.75 Å². The fourth-order valence-corrected chi connectivity index (χ4v) is 6.54. The third-order valence-corrected chi connectivity index (χ3v) is 9.30. The van der Waals surface area contributed by atoms with Crippen LogP contribution in [0.3, 0.4) is 0 Å². The van der Waals surface area contributed by atoms with Crippen LogP contribution in [0.1, 0.15) is 31.2 Å². The first-order valence-electron chi connectivity index (χ1n) is 12.9. The maximum atomic E-state index is 13.6. The van der Waals surface area contributed by atoms with E-state index in [1.165, 1.54) is 24.0 Å². The first kappa shape index (κ1) is 27.8. The average molecular weight is 537 g/mol. The van der Waals surface area contributed by atoms with E-state index in [0.29, 0.717) is 6.04 Å². The summed E-state index contributed by atoms with van der Waals surface area (Å²) in [5, 5.41) is 3.60. The van der Waals surface area contributed by atoms with E-state index >= 15 is 0 Å². The van der Waals surface area contributed by atoms with Crippen molar-refractivity contribution in [3.63, 3.8) is 0 Å². The molecule has 0 heterocycles. The number of nitrogens with zero attached hydrogens (tertiary/aromatic N) is 1. The number of rotatable bonds is 10. The first-order valence-corrected chi connectivity index (χ1v) is 14.3. The number of esters is 1. The fraction of sp³-hybridized carbons (Fsp3) is 0.367. The number of nitrogens with one attached hydrogen (secondary N) is 1. The van der Waals surface area contributed by atoms with Crippen molar-refractivity contribution < 1.29 is 22.7 Å². The normalized spacial score (nSPS) is 18.6. The zero-order chi connectivity index (χ0) is 27.1. The van der Waals surface area contributed by atoms with E-state index in [4.69, 9.17) is 9.47 Å². The molecule has 1 atom stereocenters. The average Bonchev–Trinajstić information content (AvgIpc) is 2.97. The van der Waals surface area contributed by atoms with E-state index in [0.717, 1.165) is 49.1 Å². The van der Waals surface area contributed by atoms with Gasteiger partial charge in [0.2, 0.25) is 10.0 Å².